The summed E-state index contributed by atoms with van der Waals surface area (Å²) in [7, 11) is 0. The van der Waals surface area contributed by atoms with Gasteiger partial charge in [-0.15, -0.1) is 0 Å². The lowest BCUT2D eigenvalue weighted by atomic mass is 10.0. The Morgan fingerprint density at radius 2 is 2.44 bits per heavy atom. The summed E-state index contributed by atoms with van der Waals surface area (Å²) in [4.78, 5) is 0. The molecule has 0 bridgehead atoms. The van der Waals surface area contributed by atoms with Gasteiger partial charge in [-0.3, -0.25) is 0 Å². The summed E-state index contributed by atoms with van der Waals surface area (Å²) in [5, 5.41) is 9.13. The largest absolute Gasteiger partial charge is 0.393 e. The molecule has 1 N–H and O–H groups in total. The second kappa shape index (κ2) is 3.18. The third kappa shape index (κ3) is 1.95. The highest BCUT2D eigenvalue weighted by molar-refractivity contribution is 4.68. The average Bonchev–Trinajstić information content (AvgIpc) is 1.88. The molecule has 0 amide bonds. The monoisotopic (exact) mass is 130 g/mol. The van der Waals surface area contributed by atoms with Crippen LogP contribution in [0.3, 0.4) is 0 Å². The smallest absolute Gasteiger partial charge is 0.0597 e. The van der Waals surface area contributed by atoms with E-state index in [2.05, 4.69) is 6.92 Å². The number of rotatable bonds is 1. The molecule has 0 saturated carbocycles. The second-order valence-corrected chi connectivity index (χ2v) is 2.58. The normalized spacial score (nSPS) is 36.7. The molecule has 9 heavy (non-hydrogen) atoms. The second-order valence-electron chi connectivity index (χ2n) is 2.58. The Labute approximate surface area is 55.8 Å². The zero-order valence-corrected chi connectivity index (χ0v) is 5.84. The third-order valence-corrected chi connectivity index (χ3v) is 1.79. The zero-order valence-electron chi connectivity index (χ0n) is 5.84. The van der Waals surface area contributed by atoms with Crippen LogP contribution >= 0.6 is 0 Å². The van der Waals surface area contributed by atoms with E-state index in [0.29, 0.717) is 6.10 Å². The minimum absolute atomic E-state index is 0.108. The first-order valence-corrected chi connectivity index (χ1v) is 3.62. The lowest BCUT2D eigenvalue weighted by Gasteiger charge is -2.25. The van der Waals surface area contributed by atoms with Crippen LogP contribution in [0.25, 0.3) is 0 Å². The van der Waals surface area contributed by atoms with E-state index in [1.807, 2.05) is 0 Å². The molecule has 1 aliphatic rings. The molecule has 1 heterocycles. The topological polar surface area (TPSA) is 29.5 Å². The van der Waals surface area contributed by atoms with Gasteiger partial charge in [0.05, 0.1) is 12.2 Å². The fourth-order valence-electron chi connectivity index (χ4n) is 1.14. The average molecular weight is 130 g/mol. The Hall–Kier alpha value is -0.0800. The molecule has 1 saturated heterocycles. The molecule has 2 nitrogen and oxygen atoms in total. The van der Waals surface area contributed by atoms with Crippen molar-refractivity contribution in [2.45, 2.75) is 38.4 Å². The maximum absolute atomic E-state index is 9.13. The maximum atomic E-state index is 9.13. The molecule has 0 aromatic heterocycles. The van der Waals surface area contributed by atoms with Crippen molar-refractivity contribution in [3.63, 3.8) is 0 Å². The zero-order chi connectivity index (χ0) is 6.69. The number of hydrogen-bond acceptors (Lipinski definition) is 2. The van der Waals surface area contributed by atoms with Crippen molar-refractivity contribution in [3.05, 3.63) is 0 Å². The molecule has 1 unspecified atom stereocenters. The Bertz CT molecular complexity index is 83.0. The predicted octanol–water partition coefficient (Wildman–Crippen LogP) is 0.936. The predicted molar refractivity (Wildman–Crippen MR) is 35.3 cm³/mol. The maximum Gasteiger partial charge on any atom is 0.0597 e. The first-order chi connectivity index (χ1) is 4.33. The first kappa shape index (κ1) is 7.03. The van der Waals surface area contributed by atoms with Gasteiger partial charge in [0.1, 0.15) is 0 Å². The van der Waals surface area contributed by atoms with E-state index < -0.39 is 0 Å². The Morgan fingerprint density at radius 3 is 2.89 bits per heavy atom. The highest BCUT2D eigenvalue weighted by Crippen LogP contribution is 2.15. The van der Waals surface area contributed by atoms with E-state index in [-0.39, 0.29) is 6.10 Å². The molecule has 0 aromatic rings. The number of aliphatic hydroxyl groups excluding tert-OH is 1. The van der Waals surface area contributed by atoms with E-state index in [1.165, 1.54) is 0 Å². The fourth-order valence-corrected chi connectivity index (χ4v) is 1.14. The summed E-state index contributed by atoms with van der Waals surface area (Å²) in [6.45, 7) is 2.82. The summed E-state index contributed by atoms with van der Waals surface area (Å²) in [5.41, 5.74) is 0. The Balaban J connectivity index is 2.23. The van der Waals surface area contributed by atoms with Crippen molar-refractivity contribution in [2.75, 3.05) is 6.61 Å². The van der Waals surface area contributed by atoms with Crippen molar-refractivity contribution in [1.82, 2.24) is 0 Å². The van der Waals surface area contributed by atoms with Gasteiger partial charge in [-0.1, -0.05) is 6.92 Å². The number of hydrogen-bond donors (Lipinski definition) is 1. The summed E-state index contributed by atoms with van der Waals surface area (Å²) in [6, 6.07) is 0. The standard InChI is InChI=1S/C7H14O2/c1-2-7-5-6(8)3-4-9-7/h6-8H,2-5H2,1H3/t6-,7?/m0/s1. The molecule has 1 rings (SSSR count). The third-order valence-electron chi connectivity index (χ3n) is 1.79. The lowest BCUT2D eigenvalue weighted by molar-refractivity contribution is -0.0441. The van der Waals surface area contributed by atoms with Crippen LogP contribution in [0.5, 0.6) is 0 Å². The van der Waals surface area contributed by atoms with Gasteiger partial charge in [0.25, 0.3) is 0 Å². The molecule has 0 spiro atoms. The summed E-state index contributed by atoms with van der Waals surface area (Å²) in [5.74, 6) is 0. The van der Waals surface area contributed by atoms with Gasteiger partial charge in [0, 0.05) is 6.61 Å². The lowest BCUT2D eigenvalue weighted by Crippen LogP contribution is -2.28. The number of ether oxygens (including phenoxy) is 1. The van der Waals surface area contributed by atoms with E-state index in [1.54, 1.807) is 0 Å². The molecule has 0 radical (unpaired) electrons. The molecule has 2 heteroatoms. The highest BCUT2D eigenvalue weighted by Gasteiger charge is 2.18. The van der Waals surface area contributed by atoms with E-state index in [9.17, 15) is 0 Å². The van der Waals surface area contributed by atoms with Gasteiger partial charge in [0.15, 0.2) is 0 Å². The minimum Gasteiger partial charge on any atom is -0.393 e. The molecule has 54 valence electrons. The van der Waals surface area contributed by atoms with Crippen LogP contribution in [0.2, 0.25) is 0 Å². The molecular weight excluding hydrogens is 116 g/mol. The molecule has 0 aliphatic carbocycles. The first-order valence-electron chi connectivity index (χ1n) is 3.62. The molecule has 1 fully saturated rings. The van der Waals surface area contributed by atoms with Gasteiger partial charge in [-0.2, -0.15) is 0 Å². The Kier molecular flexibility index (Phi) is 2.49. The SMILES string of the molecule is CCC1C[C@@H](O)CCO1. The number of aliphatic hydroxyl groups is 1. The van der Waals surface area contributed by atoms with Crippen molar-refractivity contribution in [2.24, 2.45) is 0 Å². The van der Waals surface area contributed by atoms with Gasteiger partial charge in [-0.25, -0.2) is 0 Å². The van der Waals surface area contributed by atoms with Crippen LogP contribution in [-0.2, 0) is 4.74 Å². The van der Waals surface area contributed by atoms with E-state index in [4.69, 9.17) is 9.84 Å². The minimum atomic E-state index is -0.108. The van der Waals surface area contributed by atoms with Gasteiger partial charge in [0.2, 0.25) is 0 Å². The molecule has 2 atom stereocenters. The van der Waals surface area contributed by atoms with Gasteiger partial charge >= 0.3 is 0 Å². The van der Waals surface area contributed by atoms with Crippen LogP contribution in [0.4, 0.5) is 0 Å². The van der Waals surface area contributed by atoms with E-state index in [0.717, 1.165) is 25.9 Å². The molecule has 0 aromatic carbocycles. The van der Waals surface area contributed by atoms with Crippen LogP contribution < -0.4 is 0 Å². The summed E-state index contributed by atoms with van der Waals surface area (Å²) < 4.78 is 5.34. The highest BCUT2D eigenvalue weighted by atomic mass is 16.5. The van der Waals surface area contributed by atoms with Crippen molar-refractivity contribution in [1.29, 1.82) is 0 Å². The van der Waals surface area contributed by atoms with Crippen LogP contribution in [0, 0.1) is 0 Å². The van der Waals surface area contributed by atoms with E-state index >= 15 is 0 Å². The summed E-state index contributed by atoms with van der Waals surface area (Å²) in [6.07, 6.45) is 2.88. The Morgan fingerprint density at radius 1 is 1.67 bits per heavy atom. The van der Waals surface area contributed by atoms with Crippen LogP contribution in [0.1, 0.15) is 26.2 Å². The van der Waals surface area contributed by atoms with Gasteiger partial charge < -0.3 is 9.84 Å². The quantitative estimate of drug-likeness (QED) is 0.572. The molecular formula is C7H14O2. The van der Waals surface area contributed by atoms with Crippen LogP contribution in [0.15, 0.2) is 0 Å². The van der Waals surface area contributed by atoms with Crippen molar-refractivity contribution >= 4 is 0 Å². The van der Waals surface area contributed by atoms with Gasteiger partial charge in [-0.05, 0) is 19.3 Å². The summed E-state index contributed by atoms with van der Waals surface area (Å²) >= 11 is 0. The molecule has 1 aliphatic heterocycles. The van der Waals surface area contributed by atoms with Crippen LogP contribution in [-0.4, -0.2) is 23.9 Å². The van der Waals surface area contributed by atoms with Crippen molar-refractivity contribution in [3.8, 4) is 0 Å². The van der Waals surface area contributed by atoms with Crippen molar-refractivity contribution < 1.29 is 9.84 Å². The fraction of sp³-hybridized carbons (Fsp3) is 1.00.